The number of allylic oxidation sites excluding steroid dienone is 2. The van der Waals surface area contributed by atoms with Gasteiger partial charge in [0, 0.05) is 5.71 Å². The summed E-state index contributed by atoms with van der Waals surface area (Å²) in [5, 5.41) is 16.2. The van der Waals surface area contributed by atoms with Gasteiger partial charge in [-0.1, -0.05) is 0 Å². The van der Waals surface area contributed by atoms with E-state index in [-0.39, 0.29) is 28.7 Å². The average Bonchev–Trinajstić information content (AvgIpc) is 1.85. The minimum absolute atomic E-state index is 0.0139. The molecule has 0 bridgehead atoms. The average molecular weight is 176 g/mol. The SMILES string of the molecule is CC(=N)C(C(C)=O)=C(O)CCl. The molecule has 0 saturated carbocycles. The molecule has 0 rings (SSSR count). The van der Waals surface area contributed by atoms with Gasteiger partial charge < -0.3 is 10.5 Å². The first-order chi connectivity index (χ1) is 5.00. The van der Waals surface area contributed by atoms with Gasteiger partial charge >= 0.3 is 0 Å². The first-order valence-corrected chi connectivity index (χ1v) is 3.58. The predicted molar refractivity (Wildman–Crippen MR) is 44.5 cm³/mol. The lowest BCUT2D eigenvalue weighted by Gasteiger charge is -2.02. The van der Waals surface area contributed by atoms with Crippen molar-refractivity contribution in [2.24, 2.45) is 0 Å². The Labute approximate surface area is 70.2 Å². The number of aliphatic hydroxyl groups is 1. The molecule has 0 radical (unpaired) electrons. The van der Waals surface area contributed by atoms with Crippen molar-refractivity contribution in [3.8, 4) is 0 Å². The van der Waals surface area contributed by atoms with Crippen molar-refractivity contribution < 1.29 is 9.90 Å². The summed E-state index contributed by atoms with van der Waals surface area (Å²) in [4.78, 5) is 10.8. The summed E-state index contributed by atoms with van der Waals surface area (Å²) < 4.78 is 0. The highest BCUT2D eigenvalue weighted by atomic mass is 35.5. The van der Waals surface area contributed by atoms with Crippen LogP contribution in [0.1, 0.15) is 13.8 Å². The van der Waals surface area contributed by atoms with E-state index in [1.165, 1.54) is 13.8 Å². The maximum absolute atomic E-state index is 10.8. The van der Waals surface area contributed by atoms with E-state index in [1.807, 2.05) is 0 Å². The molecular formula is C7H10ClNO2. The molecule has 2 N–H and O–H groups in total. The standard InChI is InChI=1S/C7H10ClNO2/c1-4(9)7(5(2)10)6(11)3-8/h9,11H,3H2,1-2H3. The van der Waals surface area contributed by atoms with Gasteiger partial charge in [0.05, 0.1) is 11.5 Å². The fraction of sp³-hybridized carbons (Fsp3) is 0.429. The van der Waals surface area contributed by atoms with Crippen LogP contribution in [0.3, 0.4) is 0 Å². The number of aliphatic hydroxyl groups excluding tert-OH is 1. The molecule has 0 heterocycles. The van der Waals surface area contributed by atoms with Gasteiger partial charge in [-0.2, -0.15) is 0 Å². The molecule has 0 amide bonds. The second-order valence-electron chi connectivity index (χ2n) is 2.14. The summed E-state index contributed by atoms with van der Waals surface area (Å²) in [5.41, 5.74) is 0.0515. The maximum atomic E-state index is 10.8. The molecule has 0 aromatic carbocycles. The Kier molecular flexibility index (Phi) is 3.82. The van der Waals surface area contributed by atoms with E-state index in [4.69, 9.17) is 22.1 Å². The molecule has 0 aliphatic carbocycles. The number of rotatable bonds is 3. The number of ketones is 1. The zero-order chi connectivity index (χ0) is 9.02. The highest BCUT2D eigenvalue weighted by molar-refractivity contribution is 6.23. The zero-order valence-corrected chi connectivity index (χ0v) is 7.20. The number of Topliss-reactive ketones (excluding diaryl/α,β-unsaturated/α-hetero) is 1. The van der Waals surface area contributed by atoms with Gasteiger partial charge in [-0.3, -0.25) is 4.79 Å². The predicted octanol–water partition coefficient (Wildman–Crippen LogP) is 1.67. The molecule has 4 heteroatoms. The highest BCUT2D eigenvalue weighted by Gasteiger charge is 2.11. The molecule has 0 unspecified atom stereocenters. The van der Waals surface area contributed by atoms with Crippen LogP contribution in [0.4, 0.5) is 0 Å². The van der Waals surface area contributed by atoms with Crippen LogP contribution in [0, 0.1) is 5.41 Å². The van der Waals surface area contributed by atoms with Gasteiger partial charge in [0.15, 0.2) is 5.78 Å². The molecular weight excluding hydrogens is 166 g/mol. The summed E-state index contributed by atoms with van der Waals surface area (Å²) in [7, 11) is 0. The van der Waals surface area contributed by atoms with E-state index in [0.717, 1.165) is 0 Å². The molecule has 0 aromatic rings. The van der Waals surface area contributed by atoms with Crippen molar-refractivity contribution in [1.82, 2.24) is 0 Å². The summed E-state index contributed by atoms with van der Waals surface area (Å²) in [6, 6.07) is 0. The Morgan fingerprint density at radius 1 is 1.55 bits per heavy atom. The molecule has 62 valence electrons. The first kappa shape index (κ1) is 10.2. The van der Waals surface area contributed by atoms with E-state index in [1.54, 1.807) is 0 Å². The lowest BCUT2D eigenvalue weighted by molar-refractivity contribution is -0.113. The Morgan fingerprint density at radius 2 is 2.00 bits per heavy atom. The summed E-state index contributed by atoms with van der Waals surface area (Å²) in [5.74, 6) is -0.701. The number of alkyl halides is 1. The number of carbonyl (C=O) groups is 1. The van der Waals surface area contributed by atoms with Crippen molar-refractivity contribution in [2.45, 2.75) is 13.8 Å². The Bertz CT molecular complexity index is 204. The van der Waals surface area contributed by atoms with Gasteiger partial charge in [-0.25, -0.2) is 0 Å². The zero-order valence-electron chi connectivity index (χ0n) is 6.44. The molecule has 11 heavy (non-hydrogen) atoms. The third kappa shape index (κ3) is 2.72. The Balaban J connectivity index is 4.88. The fourth-order valence-electron chi connectivity index (χ4n) is 0.750. The quantitative estimate of drug-likeness (QED) is 0.297. The van der Waals surface area contributed by atoms with Gasteiger partial charge in [0.25, 0.3) is 0 Å². The van der Waals surface area contributed by atoms with Crippen molar-refractivity contribution in [2.75, 3.05) is 5.88 Å². The third-order valence-electron chi connectivity index (χ3n) is 1.14. The van der Waals surface area contributed by atoms with Gasteiger partial charge in [0.2, 0.25) is 0 Å². The Hall–Kier alpha value is -0.830. The molecule has 0 spiro atoms. The molecule has 0 atom stereocenters. The van der Waals surface area contributed by atoms with Crippen LogP contribution in [0.25, 0.3) is 0 Å². The highest BCUT2D eigenvalue weighted by Crippen LogP contribution is 2.06. The lowest BCUT2D eigenvalue weighted by atomic mass is 10.1. The molecule has 0 aliphatic heterocycles. The second-order valence-corrected chi connectivity index (χ2v) is 2.40. The van der Waals surface area contributed by atoms with E-state index in [9.17, 15) is 4.79 Å². The minimum Gasteiger partial charge on any atom is -0.510 e. The van der Waals surface area contributed by atoms with E-state index in [0.29, 0.717) is 0 Å². The summed E-state index contributed by atoms with van der Waals surface area (Å²) >= 11 is 5.28. The smallest absolute Gasteiger partial charge is 0.165 e. The number of nitrogens with one attached hydrogen (secondary N) is 1. The molecule has 0 saturated heterocycles. The maximum Gasteiger partial charge on any atom is 0.165 e. The largest absolute Gasteiger partial charge is 0.510 e. The first-order valence-electron chi connectivity index (χ1n) is 3.05. The normalized spacial score (nSPS) is 12.3. The van der Waals surface area contributed by atoms with Gasteiger partial charge in [0.1, 0.15) is 5.76 Å². The number of hydrogen-bond acceptors (Lipinski definition) is 3. The molecule has 3 nitrogen and oxygen atoms in total. The van der Waals surface area contributed by atoms with E-state index < -0.39 is 0 Å². The Morgan fingerprint density at radius 3 is 2.09 bits per heavy atom. The van der Waals surface area contributed by atoms with Crippen LogP contribution in [0.2, 0.25) is 0 Å². The van der Waals surface area contributed by atoms with Crippen molar-refractivity contribution >= 4 is 23.1 Å². The number of carbonyl (C=O) groups excluding carboxylic acids is 1. The van der Waals surface area contributed by atoms with Crippen molar-refractivity contribution in [1.29, 1.82) is 5.41 Å². The van der Waals surface area contributed by atoms with Crippen LogP contribution in [0.5, 0.6) is 0 Å². The minimum atomic E-state index is -0.337. The monoisotopic (exact) mass is 175 g/mol. The molecule has 0 aliphatic rings. The topological polar surface area (TPSA) is 61.2 Å². The molecule has 0 fully saturated rings. The second kappa shape index (κ2) is 4.13. The van der Waals surface area contributed by atoms with Crippen molar-refractivity contribution in [3.63, 3.8) is 0 Å². The fourth-order valence-corrected chi connectivity index (χ4v) is 0.884. The van der Waals surface area contributed by atoms with Crippen LogP contribution in [-0.4, -0.2) is 22.5 Å². The van der Waals surface area contributed by atoms with Gasteiger partial charge in [-0.15, -0.1) is 11.6 Å². The summed E-state index contributed by atoms with van der Waals surface area (Å²) in [6.45, 7) is 2.72. The number of hydrogen-bond donors (Lipinski definition) is 2. The van der Waals surface area contributed by atoms with Crippen LogP contribution >= 0.6 is 11.6 Å². The van der Waals surface area contributed by atoms with Crippen molar-refractivity contribution in [3.05, 3.63) is 11.3 Å². The van der Waals surface area contributed by atoms with Crippen LogP contribution < -0.4 is 0 Å². The molecule has 0 aromatic heterocycles. The number of halogens is 1. The van der Waals surface area contributed by atoms with Crippen LogP contribution in [0.15, 0.2) is 11.3 Å². The van der Waals surface area contributed by atoms with Crippen LogP contribution in [-0.2, 0) is 4.79 Å². The lowest BCUT2D eigenvalue weighted by Crippen LogP contribution is -2.09. The van der Waals surface area contributed by atoms with E-state index >= 15 is 0 Å². The third-order valence-corrected chi connectivity index (χ3v) is 1.40. The van der Waals surface area contributed by atoms with E-state index in [2.05, 4.69) is 0 Å². The summed E-state index contributed by atoms with van der Waals surface area (Å²) in [6.07, 6.45) is 0. The van der Waals surface area contributed by atoms with Gasteiger partial charge in [-0.05, 0) is 13.8 Å².